The van der Waals surface area contributed by atoms with Gasteiger partial charge in [-0.15, -0.1) is 11.3 Å². The van der Waals surface area contributed by atoms with Gasteiger partial charge in [-0.1, -0.05) is 6.07 Å². The number of anilines is 1. The van der Waals surface area contributed by atoms with Crippen LogP contribution in [0.1, 0.15) is 21.3 Å². The Morgan fingerprint density at radius 1 is 1.35 bits per heavy atom. The van der Waals surface area contributed by atoms with Gasteiger partial charge in [0.2, 0.25) is 0 Å². The Morgan fingerprint density at radius 2 is 2.10 bits per heavy atom. The molecule has 0 spiro atoms. The van der Waals surface area contributed by atoms with Crippen molar-refractivity contribution in [2.24, 2.45) is 0 Å². The van der Waals surface area contributed by atoms with Crippen molar-refractivity contribution in [3.63, 3.8) is 0 Å². The number of halogens is 1. The van der Waals surface area contributed by atoms with Crippen molar-refractivity contribution >= 4 is 28.9 Å². The maximum Gasteiger partial charge on any atom is 0.331 e. The van der Waals surface area contributed by atoms with E-state index in [0.29, 0.717) is 4.88 Å². The Bertz CT molecular complexity index is 643. The number of carbonyl (C=O) groups excluding carboxylic acids is 1. The van der Waals surface area contributed by atoms with Gasteiger partial charge in [-0.2, -0.15) is 0 Å². The van der Waals surface area contributed by atoms with Crippen LogP contribution in [0, 0.1) is 5.82 Å². The summed E-state index contributed by atoms with van der Waals surface area (Å²) in [6.45, 7) is 0. The van der Waals surface area contributed by atoms with Crippen LogP contribution in [0.4, 0.5) is 10.1 Å². The van der Waals surface area contributed by atoms with E-state index in [9.17, 15) is 14.0 Å². The molecule has 1 heterocycles. The molecule has 7 heteroatoms. The number of hydrogen-bond donors (Lipinski definition) is 3. The number of thiophene rings is 1. The quantitative estimate of drug-likeness (QED) is 0.752. The zero-order chi connectivity index (χ0) is 14.7. The lowest BCUT2D eigenvalue weighted by Crippen LogP contribution is -2.33. The highest BCUT2D eigenvalue weighted by molar-refractivity contribution is 7.10. The first-order valence-corrected chi connectivity index (χ1v) is 6.49. The molecule has 0 fully saturated rings. The summed E-state index contributed by atoms with van der Waals surface area (Å²) < 4.78 is 13.6. The van der Waals surface area contributed by atoms with E-state index in [4.69, 9.17) is 10.8 Å². The number of aliphatic carboxylic acids is 1. The molecule has 0 saturated heterocycles. The molecule has 20 heavy (non-hydrogen) atoms. The van der Waals surface area contributed by atoms with Crippen LogP contribution in [0.15, 0.2) is 35.7 Å². The topological polar surface area (TPSA) is 92.4 Å². The minimum Gasteiger partial charge on any atom is -0.479 e. The van der Waals surface area contributed by atoms with E-state index in [2.05, 4.69) is 5.32 Å². The third-order valence-electron chi connectivity index (χ3n) is 2.59. The summed E-state index contributed by atoms with van der Waals surface area (Å²) in [6, 6.07) is 5.65. The van der Waals surface area contributed by atoms with Gasteiger partial charge < -0.3 is 16.2 Å². The molecule has 2 rings (SSSR count). The Balaban J connectivity index is 2.23. The fraction of sp³-hybridized carbons (Fsp3) is 0.0769. The molecule has 5 nitrogen and oxygen atoms in total. The first-order valence-electron chi connectivity index (χ1n) is 5.61. The van der Waals surface area contributed by atoms with E-state index < -0.39 is 23.7 Å². The summed E-state index contributed by atoms with van der Waals surface area (Å²) in [5.74, 6) is -2.81. The van der Waals surface area contributed by atoms with Gasteiger partial charge in [0.05, 0.1) is 5.56 Å². The highest BCUT2D eigenvalue weighted by Gasteiger charge is 2.24. The molecule has 0 aliphatic heterocycles. The summed E-state index contributed by atoms with van der Waals surface area (Å²) in [5.41, 5.74) is 5.33. The monoisotopic (exact) mass is 294 g/mol. The predicted octanol–water partition coefficient (Wildman–Crippen LogP) is 2.03. The van der Waals surface area contributed by atoms with Crippen molar-refractivity contribution in [1.29, 1.82) is 0 Å². The van der Waals surface area contributed by atoms with Crippen LogP contribution in [0.5, 0.6) is 0 Å². The van der Waals surface area contributed by atoms with Gasteiger partial charge in [0.25, 0.3) is 5.91 Å². The smallest absolute Gasteiger partial charge is 0.331 e. The SMILES string of the molecule is Nc1ccc(C(=O)NC(C(=O)O)c2cccs2)c(F)c1. The van der Waals surface area contributed by atoms with Crippen LogP contribution in [0.2, 0.25) is 0 Å². The molecular weight excluding hydrogens is 283 g/mol. The largest absolute Gasteiger partial charge is 0.479 e. The number of amides is 1. The molecule has 1 aromatic carbocycles. The molecule has 2 aromatic rings. The van der Waals surface area contributed by atoms with Crippen LogP contribution in [-0.4, -0.2) is 17.0 Å². The second kappa shape index (κ2) is 5.70. The minimum absolute atomic E-state index is 0.187. The second-order valence-electron chi connectivity index (χ2n) is 4.00. The van der Waals surface area contributed by atoms with E-state index >= 15 is 0 Å². The number of hydrogen-bond acceptors (Lipinski definition) is 4. The number of rotatable bonds is 4. The van der Waals surface area contributed by atoms with Crippen molar-refractivity contribution < 1.29 is 19.1 Å². The Morgan fingerprint density at radius 3 is 2.65 bits per heavy atom. The lowest BCUT2D eigenvalue weighted by Gasteiger charge is -2.13. The molecule has 0 bridgehead atoms. The molecule has 4 N–H and O–H groups in total. The van der Waals surface area contributed by atoms with Gasteiger partial charge in [0, 0.05) is 10.6 Å². The van der Waals surface area contributed by atoms with Crippen LogP contribution in [0.25, 0.3) is 0 Å². The number of nitrogen functional groups attached to an aromatic ring is 1. The maximum atomic E-state index is 13.6. The zero-order valence-electron chi connectivity index (χ0n) is 10.2. The standard InChI is InChI=1S/C13H11FN2O3S/c14-9-6-7(15)3-4-8(9)12(17)16-11(13(18)19)10-2-1-5-20-10/h1-6,11H,15H2,(H,16,17)(H,18,19). The number of carbonyl (C=O) groups is 2. The van der Waals surface area contributed by atoms with Crippen molar-refractivity contribution in [1.82, 2.24) is 5.32 Å². The van der Waals surface area contributed by atoms with Gasteiger partial charge >= 0.3 is 5.97 Å². The number of benzene rings is 1. The average Bonchev–Trinajstić information content (AvgIpc) is 2.88. The van der Waals surface area contributed by atoms with Crippen molar-refractivity contribution in [3.05, 3.63) is 52.0 Å². The van der Waals surface area contributed by atoms with E-state index in [0.717, 1.165) is 6.07 Å². The number of carboxylic acid groups (broad SMARTS) is 1. The van der Waals surface area contributed by atoms with E-state index in [1.54, 1.807) is 17.5 Å². The number of carboxylic acids is 1. The molecule has 0 saturated carbocycles. The lowest BCUT2D eigenvalue weighted by molar-refractivity contribution is -0.139. The normalized spacial score (nSPS) is 11.8. The maximum absolute atomic E-state index is 13.6. The predicted molar refractivity (Wildman–Crippen MR) is 73.0 cm³/mol. The van der Waals surface area contributed by atoms with Gasteiger partial charge in [-0.05, 0) is 29.6 Å². The fourth-order valence-corrected chi connectivity index (χ4v) is 2.40. The highest BCUT2D eigenvalue weighted by atomic mass is 32.1. The molecule has 0 aliphatic carbocycles. The van der Waals surface area contributed by atoms with Crippen molar-refractivity contribution in [2.75, 3.05) is 5.73 Å². The first kappa shape index (κ1) is 14.0. The summed E-state index contributed by atoms with van der Waals surface area (Å²) >= 11 is 1.19. The number of nitrogens with one attached hydrogen (secondary N) is 1. The zero-order valence-corrected chi connectivity index (χ0v) is 11.0. The third kappa shape index (κ3) is 2.94. The molecule has 1 amide bonds. The van der Waals surface area contributed by atoms with Gasteiger partial charge in [-0.25, -0.2) is 9.18 Å². The second-order valence-corrected chi connectivity index (χ2v) is 4.98. The first-order chi connectivity index (χ1) is 9.49. The van der Waals surface area contributed by atoms with Crippen molar-refractivity contribution in [3.8, 4) is 0 Å². The molecule has 1 unspecified atom stereocenters. The van der Waals surface area contributed by atoms with E-state index in [-0.39, 0.29) is 11.3 Å². The van der Waals surface area contributed by atoms with Gasteiger partial charge in [0.15, 0.2) is 6.04 Å². The van der Waals surface area contributed by atoms with Crippen molar-refractivity contribution in [2.45, 2.75) is 6.04 Å². The van der Waals surface area contributed by atoms with E-state index in [1.165, 1.54) is 23.5 Å². The molecule has 1 atom stereocenters. The molecule has 0 aliphatic rings. The third-order valence-corrected chi connectivity index (χ3v) is 3.53. The Kier molecular flexibility index (Phi) is 3.99. The number of nitrogens with two attached hydrogens (primary N) is 1. The summed E-state index contributed by atoms with van der Waals surface area (Å²) in [7, 11) is 0. The highest BCUT2D eigenvalue weighted by Crippen LogP contribution is 2.20. The van der Waals surface area contributed by atoms with Crippen LogP contribution in [-0.2, 0) is 4.79 Å². The molecule has 1 aromatic heterocycles. The summed E-state index contributed by atoms with van der Waals surface area (Å²) in [5, 5.41) is 13.1. The van der Waals surface area contributed by atoms with Crippen LogP contribution < -0.4 is 11.1 Å². The van der Waals surface area contributed by atoms with Gasteiger partial charge in [-0.3, -0.25) is 4.79 Å². The molecular formula is C13H11FN2O3S. The fourth-order valence-electron chi connectivity index (χ4n) is 1.63. The summed E-state index contributed by atoms with van der Waals surface area (Å²) in [4.78, 5) is 23.6. The Hall–Kier alpha value is -2.41. The molecule has 104 valence electrons. The molecule has 0 radical (unpaired) electrons. The minimum atomic E-state index is -1.21. The van der Waals surface area contributed by atoms with E-state index in [1.807, 2.05) is 0 Å². The van der Waals surface area contributed by atoms with Gasteiger partial charge in [0.1, 0.15) is 5.82 Å². The average molecular weight is 294 g/mol. The Labute approximate surface area is 117 Å². The lowest BCUT2D eigenvalue weighted by atomic mass is 10.1. The van der Waals surface area contributed by atoms with Crippen LogP contribution >= 0.6 is 11.3 Å². The van der Waals surface area contributed by atoms with Crippen LogP contribution in [0.3, 0.4) is 0 Å². The summed E-state index contributed by atoms with van der Waals surface area (Å²) in [6.07, 6.45) is 0.